The summed E-state index contributed by atoms with van der Waals surface area (Å²) in [5.41, 5.74) is 0. The minimum atomic E-state index is -0.267. The lowest BCUT2D eigenvalue weighted by atomic mass is 9.81. The predicted octanol–water partition coefficient (Wildman–Crippen LogP) is 1.17. The highest BCUT2D eigenvalue weighted by Crippen LogP contribution is 2.37. The summed E-state index contributed by atoms with van der Waals surface area (Å²) in [6.45, 7) is 4.19. The summed E-state index contributed by atoms with van der Waals surface area (Å²) in [5, 5.41) is 8.86. The number of amides is 3. The Morgan fingerprint density at radius 1 is 1.32 bits per heavy atom. The van der Waals surface area contributed by atoms with Crippen LogP contribution < -0.4 is 0 Å². The van der Waals surface area contributed by atoms with E-state index in [1.54, 1.807) is 6.92 Å². The first-order valence-corrected chi connectivity index (χ1v) is 8.02. The molecule has 3 atom stereocenters. The number of nitrogens with zero attached hydrogens (tertiary/aromatic N) is 3. The highest BCUT2D eigenvalue weighted by molar-refractivity contribution is 6.07. The van der Waals surface area contributed by atoms with Crippen LogP contribution in [-0.2, 0) is 14.4 Å². The smallest absolute Gasteiger partial charge is 0.242 e. The molecule has 1 heterocycles. The minimum absolute atomic E-state index is 0.184. The largest absolute Gasteiger partial charge is 0.340 e. The van der Waals surface area contributed by atoms with Gasteiger partial charge in [-0.3, -0.25) is 19.3 Å². The maximum absolute atomic E-state index is 12.4. The van der Waals surface area contributed by atoms with Gasteiger partial charge in [-0.25, -0.2) is 0 Å². The molecule has 0 bridgehead atoms. The van der Waals surface area contributed by atoms with Crippen LogP contribution in [-0.4, -0.2) is 47.2 Å². The molecular weight excluding hydrogens is 282 g/mol. The Morgan fingerprint density at radius 3 is 2.32 bits per heavy atom. The highest BCUT2D eigenvalue weighted by atomic mass is 16.2. The number of hydrogen-bond acceptors (Lipinski definition) is 4. The Labute approximate surface area is 131 Å². The van der Waals surface area contributed by atoms with Gasteiger partial charge in [-0.2, -0.15) is 5.26 Å². The summed E-state index contributed by atoms with van der Waals surface area (Å²) < 4.78 is 0. The van der Waals surface area contributed by atoms with Crippen LogP contribution in [0.1, 0.15) is 39.5 Å². The fourth-order valence-electron chi connectivity index (χ4n) is 3.40. The standard InChI is InChI=1S/C16H23N3O3/c1-3-18(9-11(2)8-17)14(20)10-19-15(21)12-6-4-5-7-13(12)16(19)22/h11-13H,3-7,9-10H2,1-2H3/t11-,12-,13+/m0/s1. The number of imide groups is 1. The molecule has 1 saturated heterocycles. The number of rotatable bonds is 5. The first kappa shape index (κ1) is 16.5. The van der Waals surface area contributed by atoms with Gasteiger partial charge in [0.25, 0.3) is 0 Å². The minimum Gasteiger partial charge on any atom is -0.340 e. The first-order chi connectivity index (χ1) is 10.5. The maximum atomic E-state index is 12.4. The van der Waals surface area contributed by atoms with E-state index in [-0.39, 0.29) is 42.0 Å². The third-order valence-electron chi connectivity index (χ3n) is 4.67. The molecule has 0 N–H and O–H groups in total. The van der Waals surface area contributed by atoms with E-state index < -0.39 is 0 Å². The Balaban J connectivity index is 2.03. The van der Waals surface area contributed by atoms with Gasteiger partial charge < -0.3 is 4.90 Å². The van der Waals surface area contributed by atoms with Crippen molar-refractivity contribution in [2.45, 2.75) is 39.5 Å². The molecule has 2 rings (SSSR count). The molecule has 0 radical (unpaired) electrons. The fraction of sp³-hybridized carbons (Fsp3) is 0.750. The van der Waals surface area contributed by atoms with Gasteiger partial charge in [-0.05, 0) is 26.7 Å². The van der Waals surface area contributed by atoms with E-state index in [1.807, 2.05) is 6.92 Å². The zero-order valence-corrected chi connectivity index (χ0v) is 13.2. The maximum Gasteiger partial charge on any atom is 0.242 e. The van der Waals surface area contributed by atoms with E-state index in [1.165, 1.54) is 4.90 Å². The van der Waals surface area contributed by atoms with Gasteiger partial charge in [0.05, 0.1) is 23.8 Å². The van der Waals surface area contributed by atoms with Crippen LogP contribution in [0.25, 0.3) is 0 Å². The number of likely N-dealkylation sites (N-methyl/N-ethyl adjacent to an activating group) is 1. The molecule has 0 aromatic rings. The number of carbonyl (C=O) groups excluding carboxylic acids is 3. The van der Waals surface area contributed by atoms with Crippen molar-refractivity contribution in [3.8, 4) is 6.07 Å². The van der Waals surface area contributed by atoms with E-state index >= 15 is 0 Å². The van der Waals surface area contributed by atoms with Gasteiger partial charge in [0, 0.05) is 13.1 Å². The van der Waals surface area contributed by atoms with Gasteiger partial charge in [0.15, 0.2) is 0 Å². The quantitative estimate of drug-likeness (QED) is 0.714. The van der Waals surface area contributed by atoms with Crippen LogP contribution in [0.15, 0.2) is 0 Å². The van der Waals surface area contributed by atoms with Crippen molar-refractivity contribution in [2.24, 2.45) is 17.8 Å². The molecule has 22 heavy (non-hydrogen) atoms. The molecule has 3 amide bonds. The van der Waals surface area contributed by atoms with Crippen LogP contribution in [0.4, 0.5) is 0 Å². The zero-order chi connectivity index (χ0) is 16.3. The second-order valence-corrected chi connectivity index (χ2v) is 6.22. The van der Waals surface area contributed by atoms with Crippen LogP contribution in [0, 0.1) is 29.1 Å². The molecule has 0 aromatic heterocycles. The number of fused-ring (bicyclic) bond motifs is 1. The number of carbonyl (C=O) groups is 3. The summed E-state index contributed by atoms with van der Waals surface area (Å²) in [6, 6.07) is 2.10. The monoisotopic (exact) mass is 305 g/mol. The molecule has 6 heteroatoms. The Hall–Kier alpha value is -1.90. The fourth-order valence-corrected chi connectivity index (χ4v) is 3.40. The van der Waals surface area contributed by atoms with E-state index in [2.05, 4.69) is 6.07 Å². The van der Waals surface area contributed by atoms with Crippen LogP contribution in [0.3, 0.4) is 0 Å². The molecule has 120 valence electrons. The summed E-state index contributed by atoms with van der Waals surface area (Å²) in [7, 11) is 0. The zero-order valence-electron chi connectivity index (χ0n) is 13.2. The summed E-state index contributed by atoms with van der Waals surface area (Å²) in [6.07, 6.45) is 3.46. The van der Waals surface area contributed by atoms with Crippen LogP contribution >= 0.6 is 0 Å². The summed E-state index contributed by atoms with van der Waals surface area (Å²) in [5.74, 6) is -1.34. The van der Waals surface area contributed by atoms with E-state index in [4.69, 9.17) is 5.26 Å². The average Bonchev–Trinajstić information content (AvgIpc) is 2.77. The SMILES string of the molecule is CCN(C[C@@H](C)C#N)C(=O)CN1C(=O)[C@H]2CCCC[C@H]2C1=O. The normalized spacial score (nSPS) is 25.6. The van der Waals surface area contributed by atoms with Gasteiger partial charge in [0.1, 0.15) is 6.54 Å². The molecule has 1 aliphatic carbocycles. The molecule has 1 saturated carbocycles. The highest BCUT2D eigenvalue weighted by Gasteiger charge is 2.48. The lowest BCUT2D eigenvalue weighted by Gasteiger charge is -2.24. The molecule has 0 unspecified atom stereocenters. The predicted molar refractivity (Wildman–Crippen MR) is 79.2 cm³/mol. The third kappa shape index (κ3) is 3.13. The van der Waals surface area contributed by atoms with Crippen molar-refractivity contribution in [3.05, 3.63) is 0 Å². The molecule has 0 aromatic carbocycles. The van der Waals surface area contributed by atoms with Gasteiger partial charge in [0.2, 0.25) is 17.7 Å². The second-order valence-electron chi connectivity index (χ2n) is 6.22. The Kier molecular flexibility index (Phi) is 5.17. The van der Waals surface area contributed by atoms with E-state index in [0.717, 1.165) is 30.6 Å². The topological polar surface area (TPSA) is 81.5 Å². The van der Waals surface area contributed by atoms with Crippen molar-refractivity contribution in [2.75, 3.05) is 19.6 Å². The van der Waals surface area contributed by atoms with Gasteiger partial charge in [-0.1, -0.05) is 12.8 Å². The average molecular weight is 305 g/mol. The van der Waals surface area contributed by atoms with Crippen LogP contribution in [0.2, 0.25) is 0 Å². The molecule has 6 nitrogen and oxygen atoms in total. The second kappa shape index (κ2) is 6.91. The van der Waals surface area contributed by atoms with Crippen molar-refractivity contribution < 1.29 is 14.4 Å². The molecule has 0 spiro atoms. The van der Waals surface area contributed by atoms with Crippen LogP contribution in [0.5, 0.6) is 0 Å². The summed E-state index contributed by atoms with van der Waals surface area (Å²) >= 11 is 0. The van der Waals surface area contributed by atoms with Crippen molar-refractivity contribution in [1.82, 2.24) is 9.80 Å². The summed E-state index contributed by atoms with van der Waals surface area (Å²) in [4.78, 5) is 39.7. The lowest BCUT2D eigenvalue weighted by molar-refractivity contribution is -0.146. The van der Waals surface area contributed by atoms with Crippen molar-refractivity contribution in [1.29, 1.82) is 5.26 Å². The van der Waals surface area contributed by atoms with Gasteiger partial charge in [-0.15, -0.1) is 0 Å². The number of hydrogen-bond donors (Lipinski definition) is 0. The molecular formula is C16H23N3O3. The number of likely N-dealkylation sites (tertiary alicyclic amines) is 1. The van der Waals surface area contributed by atoms with Crippen molar-refractivity contribution in [3.63, 3.8) is 0 Å². The first-order valence-electron chi connectivity index (χ1n) is 8.02. The number of nitriles is 1. The third-order valence-corrected chi connectivity index (χ3v) is 4.67. The lowest BCUT2D eigenvalue weighted by Crippen LogP contribution is -2.44. The Morgan fingerprint density at radius 2 is 1.86 bits per heavy atom. The van der Waals surface area contributed by atoms with Gasteiger partial charge >= 0.3 is 0 Å². The molecule has 1 aliphatic heterocycles. The Bertz CT molecular complexity index is 487. The van der Waals surface area contributed by atoms with E-state index in [0.29, 0.717) is 13.1 Å². The molecule has 2 aliphatic rings. The molecule has 2 fully saturated rings. The van der Waals surface area contributed by atoms with E-state index in [9.17, 15) is 14.4 Å². The van der Waals surface area contributed by atoms with Crippen molar-refractivity contribution >= 4 is 17.7 Å².